The van der Waals surface area contributed by atoms with Gasteiger partial charge in [-0.2, -0.15) is 0 Å². The van der Waals surface area contributed by atoms with Crippen molar-refractivity contribution < 1.29 is 19.4 Å². The largest absolute Gasteiger partial charge is 0.497 e. The highest BCUT2D eigenvalue weighted by Crippen LogP contribution is 2.39. The maximum Gasteiger partial charge on any atom is 0.304 e. The maximum absolute atomic E-state index is 11.6. The second-order valence-electron chi connectivity index (χ2n) is 6.20. The number of methoxy groups -OCH3 is 2. The number of benzene rings is 2. The second-order valence-corrected chi connectivity index (χ2v) is 6.20. The molecule has 5 heteroatoms. The van der Waals surface area contributed by atoms with Crippen molar-refractivity contribution >= 4 is 16.9 Å². The monoisotopic (exact) mass is 353 g/mol. The first-order valence-corrected chi connectivity index (χ1v) is 8.61. The summed E-state index contributed by atoms with van der Waals surface area (Å²) in [6.07, 6.45) is 2.81. The molecule has 0 saturated heterocycles. The fourth-order valence-corrected chi connectivity index (χ4v) is 3.49. The van der Waals surface area contributed by atoms with E-state index in [-0.39, 0.29) is 12.3 Å². The van der Waals surface area contributed by atoms with Gasteiger partial charge in [-0.25, -0.2) is 0 Å². The Labute approximate surface area is 152 Å². The predicted molar refractivity (Wildman–Crippen MR) is 101 cm³/mol. The third-order valence-corrected chi connectivity index (χ3v) is 4.78. The Morgan fingerprint density at radius 1 is 1.15 bits per heavy atom. The van der Waals surface area contributed by atoms with Crippen molar-refractivity contribution in [3.63, 3.8) is 0 Å². The van der Waals surface area contributed by atoms with Gasteiger partial charge in [-0.1, -0.05) is 31.2 Å². The summed E-state index contributed by atoms with van der Waals surface area (Å²) in [4.78, 5) is 14.9. The first-order chi connectivity index (χ1) is 12.6. The number of nitrogens with one attached hydrogen (secondary N) is 1. The minimum atomic E-state index is -0.853. The molecule has 1 unspecified atom stereocenters. The van der Waals surface area contributed by atoms with Gasteiger partial charge in [-0.15, -0.1) is 0 Å². The molecule has 0 amide bonds. The standard InChI is InChI=1S/C21H23NO4/c1-4-13-6-5-7-16-18(12-22-21(13)16)17(11-20(23)24)15-9-8-14(25-2)10-19(15)26-3/h5-10,12,17,22H,4,11H2,1-3H3,(H,23,24). The highest BCUT2D eigenvalue weighted by atomic mass is 16.5. The van der Waals surface area contributed by atoms with Crippen molar-refractivity contribution in [2.45, 2.75) is 25.7 Å². The van der Waals surface area contributed by atoms with Crippen LogP contribution >= 0.6 is 0 Å². The maximum atomic E-state index is 11.6. The number of aliphatic carboxylic acids is 1. The zero-order valence-electron chi connectivity index (χ0n) is 15.2. The fraction of sp³-hybridized carbons (Fsp3) is 0.286. The molecule has 2 N–H and O–H groups in total. The molecule has 0 radical (unpaired) electrons. The Bertz CT molecular complexity index is 929. The number of hydrogen-bond acceptors (Lipinski definition) is 3. The van der Waals surface area contributed by atoms with Gasteiger partial charge in [0.1, 0.15) is 11.5 Å². The SMILES string of the molecule is CCc1cccc2c(C(CC(=O)O)c3ccc(OC)cc3OC)c[nH]c12. The summed E-state index contributed by atoms with van der Waals surface area (Å²) in [5.41, 5.74) is 4.07. The van der Waals surface area contributed by atoms with E-state index < -0.39 is 5.97 Å². The van der Waals surface area contributed by atoms with E-state index >= 15 is 0 Å². The van der Waals surface area contributed by atoms with Gasteiger partial charge in [-0.05, 0) is 23.6 Å². The molecular weight excluding hydrogens is 330 g/mol. The lowest BCUT2D eigenvalue weighted by atomic mass is 9.87. The zero-order chi connectivity index (χ0) is 18.7. The lowest BCUT2D eigenvalue weighted by molar-refractivity contribution is -0.137. The van der Waals surface area contributed by atoms with Gasteiger partial charge in [0.15, 0.2) is 0 Å². The van der Waals surface area contributed by atoms with Crippen LogP contribution in [0.3, 0.4) is 0 Å². The third-order valence-electron chi connectivity index (χ3n) is 4.78. The molecule has 0 aliphatic heterocycles. The Morgan fingerprint density at radius 2 is 1.96 bits per heavy atom. The van der Waals surface area contributed by atoms with Crippen molar-refractivity contribution in [1.82, 2.24) is 4.98 Å². The van der Waals surface area contributed by atoms with Gasteiger partial charge in [0.05, 0.1) is 20.6 Å². The van der Waals surface area contributed by atoms with E-state index in [0.29, 0.717) is 11.5 Å². The topological polar surface area (TPSA) is 71.6 Å². The van der Waals surface area contributed by atoms with Crippen LogP contribution in [0.25, 0.3) is 10.9 Å². The van der Waals surface area contributed by atoms with Crippen LogP contribution in [0.4, 0.5) is 0 Å². The Kier molecular flexibility index (Phi) is 5.16. The summed E-state index contributed by atoms with van der Waals surface area (Å²) in [6, 6.07) is 11.6. The first-order valence-electron chi connectivity index (χ1n) is 8.61. The smallest absolute Gasteiger partial charge is 0.304 e. The van der Waals surface area contributed by atoms with Crippen molar-refractivity contribution in [3.8, 4) is 11.5 Å². The average Bonchev–Trinajstić information content (AvgIpc) is 3.09. The van der Waals surface area contributed by atoms with Gasteiger partial charge in [0.25, 0.3) is 0 Å². The molecule has 1 aromatic heterocycles. The molecule has 0 aliphatic carbocycles. The van der Waals surface area contributed by atoms with Gasteiger partial charge >= 0.3 is 5.97 Å². The van der Waals surface area contributed by atoms with Crippen LogP contribution in [0, 0.1) is 0 Å². The number of para-hydroxylation sites is 1. The van der Waals surface area contributed by atoms with Crippen LogP contribution in [0.1, 0.15) is 36.0 Å². The number of aromatic amines is 1. The number of fused-ring (bicyclic) bond motifs is 1. The summed E-state index contributed by atoms with van der Waals surface area (Å²) in [7, 11) is 3.18. The van der Waals surface area contributed by atoms with Gasteiger partial charge in [-0.3, -0.25) is 4.79 Å². The number of aromatic nitrogens is 1. The number of rotatable bonds is 7. The first kappa shape index (κ1) is 17.9. The molecule has 26 heavy (non-hydrogen) atoms. The molecule has 1 heterocycles. The number of aryl methyl sites for hydroxylation is 1. The van der Waals surface area contributed by atoms with E-state index in [0.717, 1.165) is 28.5 Å². The molecule has 136 valence electrons. The number of H-pyrrole nitrogens is 1. The summed E-state index contributed by atoms with van der Waals surface area (Å²) in [6.45, 7) is 2.11. The molecule has 5 nitrogen and oxygen atoms in total. The molecular formula is C21H23NO4. The summed E-state index contributed by atoms with van der Waals surface area (Å²) < 4.78 is 10.8. The molecule has 2 aromatic carbocycles. The number of carboxylic acid groups (broad SMARTS) is 1. The Morgan fingerprint density at radius 3 is 2.62 bits per heavy atom. The predicted octanol–water partition coefficient (Wildman–Crippen LogP) is 4.35. The van der Waals surface area contributed by atoms with E-state index in [1.165, 1.54) is 5.56 Å². The van der Waals surface area contributed by atoms with E-state index in [1.807, 2.05) is 30.5 Å². The Hall–Kier alpha value is -2.95. The number of hydrogen-bond donors (Lipinski definition) is 2. The minimum absolute atomic E-state index is 0.0218. The lowest BCUT2D eigenvalue weighted by Gasteiger charge is -2.19. The molecule has 3 aromatic rings. The Balaban J connectivity index is 2.18. The summed E-state index contributed by atoms with van der Waals surface area (Å²) >= 11 is 0. The molecule has 1 atom stereocenters. The molecule has 0 fully saturated rings. The van der Waals surface area contributed by atoms with Crippen LogP contribution in [0.2, 0.25) is 0 Å². The third kappa shape index (κ3) is 3.25. The molecule has 0 saturated carbocycles. The number of carbonyl (C=O) groups is 1. The highest BCUT2D eigenvalue weighted by molar-refractivity contribution is 5.88. The van der Waals surface area contributed by atoms with E-state index in [9.17, 15) is 9.90 Å². The van der Waals surface area contributed by atoms with Crippen molar-refractivity contribution in [3.05, 3.63) is 59.3 Å². The van der Waals surface area contributed by atoms with E-state index in [2.05, 4.69) is 18.0 Å². The lowest BCUT2D eigenvalue weighted by Crippen LogP contribution is -2.09. The van der Waals surface area contributed by atoms with Crippen LogP contribution in [-0.4, -0.2) is 30.3 Å². The number of carboxylic acids is 1. The molecule has 3 rings (SSSR count). The van der Waals surface area contributed by atoms with Gasteiger partial charge in [0.2, 0.25) is 0 Å². The van der Waals surface area contributed by atoms with Crippen LogP contribution < -0.4 is 9.47 Å². The van der Waals surface area contributed by atoms with Crippen molar-refractivity contribution in [2.75, 3.05) is 14.2 Å². The van der Waals surface area contributed by atoms with E-state index in [4.69, 9.17) is 9.47 Å². The summed E-state index contributed by atoms with van der Waals surface area (Å²) in [5, 5.41) is 10.6. The van der Waals surface area contributed by atoms with Crippen LogP contribution in [0.5, 0.6) is 11.5 Å². The molecule has 0 bridgehead atoms. The van der Waals surface area contributed by atoms with Crippen molar-refractivity contribution in [1.29, 1.82) is 0 Å². The quantitative estimate of drug-likeness (QED) is 0.662. The average molecular weight is 353 g/mol. The highest BCUT2D eigenvalue weighted by Gasteiger charge is 2.25. The number of ether oxygens (including phenoxy) is 2. The fourth-order valence-electron chi connectivity index (χ4n) is 3.49. The van der Waals surface area contributed by atoms with E-state index in [1.54, 1.807) is 20.3 Å². The zero-order valence-corrected chi connectivity index (χ0v) is 15.2. The van der Waals surface area contributed by atoms with Crippen molar-refractivity contribution in [2.24, 2.45) is 0 Å². The molecule has 0 spiro atoms. The van der Waals surface area contributed by atoms with Gasteiger partial charge < -0.3 is 19.6 Å². The second kappa shape index (κ2) is 7.52. The van der Waals surface area contributed by atoms with Crippen LogP contribution in [-0.2, 0) is 11.2 Å². The minimum Gasteiger partial charge on any atom is -0.497 e. The summed E-state index contributed by atoms with van der Waals surface area (Å²) in [5.74, 6) is 0.117. The van der Waals surface area contributed by atoms with Gasteiger partial charge in [0, 0.05) is 34.6 Å². The molecule has 0 aliphatic rings. The normalized spacial score (nSPS) is 12.1. The van der Waals surface area contributed by atoms with Crippen LogP contribution in [0.15, 0.2) is 42.6 Å².